The van der Waals surface area contributed by atoms with E-state index in [9.17, 15) is 0 Å². The van der Waals surface area contributed by atoms with E-state index in [-0.39, 0.29) is 5.92 Å². The minimum Gasteiger partial charge on any atom is -0.437 e. The van der Waals surface area contributed by atoms with Crippen LogP contribution in [0, 0.1) is 0 Å². The first-order valence-electron chi connectivity index (χ1n) is 8.20. The Hall–Kier alpha value is -1.75. The highest BCUT2D eigenvalue weighted by Crippen LogP contribution is 2.31. The summed E-state index contributed by atoms with van der Waals surface area (Å²) >= 11 is 13.9. The van der Waals surface area contributed by atoms with Crippen LogP contribution in [0.2, 0.25) is 10.0 Å². The molecule has 0 unspecified atom stereocenters. The zero-order chi connectivity index (χ0) is 18.5. The van der Waals surface area contributed by atoms with Gasteiger partial charge in [0.25, 0.3) is 0 Å². The van der Waals surface area contributed by atoms with E-state index in [0.29, 0.717) is 27.6 Å². The molecular formula is C20H18Cl2N2OS. The highest BCUT2D eigenvalue weighted by atomic mass is 35.5. The molecular weight excluding hydrogens is 387 g/mol. The summed E-state index contributed by atoms with van der Waals surface area (Å²) in [7, 11) is 0. The first-order valence-corrected chi connectivity index (χ1v) is 9.94. The number of nitrogens with zero attached hydrogens (tertiary/aromatic N) is 2. The number of rotatable bonds is 6. The maximum atomic E-state index is 6.23. The molecule has 0 amide bonds. The van der Waals surface area contributed by atoms with E-state index in [4.69, 9.17) is 27.9 Å². The SMILES string of the molecule is CC(C)c1cc(Oc2ccccc2Cl)nc(SCc2ccccc2Cl)n1. The van der Waals surface area contributed by atoms with Crippen LogP contribution in [0.5, 0.6) is 11.6 Å². The van der Waals surface area contributed by atoms with Gasteiger partial charge in [-0.2, -0.15) is 4.98 Å². The summed E-state index contributed by atoms with van der Waals surface area (Å²) < 4.78 is 5.89. The van der Waals surface area contributed by atoms with Crippen molar-refractivity contribution in [1.82, 2.24) is 9.97 Å². The van der Waals surface area contributed by atoms with E-state index < -0.39 is 0 Å². The molecule has 3 rings (SSSR count). The highest BCUT2D eigenvalue weighted by Gasteiger charge is 2.12. The Morgan fingerprint density at radius 1 is 0.962 bits per heavy atom. The van der Waals surface area contributed by atoms with E-state index in [2.05, 4.69) is 23.8 Å². The number of thioether (sulfide) groups is 1. The van der Waals surface area contributed by atoms with Gasteiger partial charge in [0.1, 0.15) is 5.75 Å². The summed E-state index contributed by atoms with van der Waals surface area (Å²) in [5, 5.41) is 1.94. The first kappa shape index (κ1) is 19.0. The van der Waals surface area contributed by atoms with Gasteiger partial charge in [-0.25, -0.2) is 4.98 Å². The average molecular weight is 405 g/mol. The molecule has 0 saturated carbocycles. The number of aromatic nitrogens is 2. The van der Waals surface area contributed by atoms with Crippen molar-refractivity contribution in [2.75, 3.05) is 0 Å². The fourth-order valence-corrected chi connectivity index (χ4v) is 3.55. The molecule has 0 radical (unpaired) electrons. The summed E-state index contributed by atoms with van der Waals surface area (Å²) in [6.45, 7) is 4.17. The first-order chi connectivity index (χ1) is 12.5. The Kier molecular flexibility index (Phi) is 6.41. The van der Waals surface area contributed by atoms with Crippen molar-refractivity contribution in [3.05, 3.63) is 75.9 Å². The Morgan fingerprint density at radius 3 is 2.35 bits per heavy atom. The second-order valence-electron chi connectivity index (χ2n) is 5.98. The largest absolute Gasteiger partial charge is 0.437 e. The van der Waals surface area contributed by atoms with Crippen molar-refractivity contribution >= 4 is 35.0 Å². The number of benzene rings is 2. The van der Waals surface area contributed by atoms with E-state index in [1.165, 1.54) is 11.8 Å². The van der Waals surface area contributed by atoms with Crippen LogP contribution < -0.4 is 4.74 Å². The average Bonchev–Trinajstić information content (AvgIpc) is 2.63. The van der Waals surface area contributed by atoms with Crippen molar-refractivity contribution in [2.24, 2.45) is 0 Å². The summed E-state index contributed by atoms with van der Waals surface area (Å²) in [6, 6.07) is 17.0. The van der Waals surface area contributed by atoms with Crippen LogP contribution in [0.1, 0.15) is 31.0 Å². The monoisotopic (exact) mass is 404 g/mol. The fraction of sp³-hybridized carbons (Fsp3) is 0.200. The summed E-state index contributed by atoms with van der Waals surface area (Å²) in [6.07, 6.45) is 0. The van der Waals surface area contributed by atoms with E-state index in [0.717, 1.165) is 16.3 Å². The molecule has 0 aliphatic heterocycles. The fourth-order valence-electron chi connectivity index (χ4n) is 2.23. The minimum absolute atomic E-state index is 0.256. The molecule has 3 nitrogen and oxygen atoms in total. The van der Waals surface area contributed by atoms with E-state index in [1.807, 2.05) is 48.5 Å². The van der Waals surface area contributed by atoms with Gasteiger partial charge in [-0.15, -0.1) is 0 Å². The van der Waals surface area contributed by atoms with Crippen molar-refractivity contribution in [3.8, 4) is 11.6 Å². The number of halogens is 2. The third-order valence-corrected chi connectivity index (χ3v) is 5.24. The van der Waals surface area contributed by atoms with Crippen molar-refractivity contribution in [1.29, 1.82) is 0 Å². The summed E-state index contributed by atoms with van der Waals surface area (Å²) in [4.78, 5) is 9.16. The van der Waals surface area contributed by atoms with Crippen LogP contribution in [-0.2, 0) is 5.75 Å². The van der Waals surface area contributed by atoms with Crippen LogP contribution in [0.15, 0.2) is 59.8 Å². The van der Waals surface area contributed by atoms with Gasteiger partial charge in [0, 0.05) is 16.8 Å². The molecule has 0 aliphatic rings. The van der Waals surface area contributed by atoms with Gasteiger partial charge in [-0.1, -0.05) is 79.1 Å². The lowest BCUT2D eigenvalue weighted by atomic mass is 10.1. The number of hydrogen-bond acceptors (Lipinski definition) is 4. The van der Waals surface area contributed by atoms with E-state index >= 15 is 0 Å². The lowest BCUT2D eigenvalue weighted by Crippen LogP contribution is -2.00. The second-order valence-corrected chi connectivity index (χ2v) is 7.74. The van der Waals surface area contributed by atoms with Crippen LogP contribution in [0.3, 0.4) is 0 Å². The van der Waals surface area contributed by atoms with Crippen molar-refractivity contribution in [3.63, 3.8) is 0 Å². The number of para-hydroxylation sites is 1. The highest BCUT2D eigenvalue weighted by molar-refractivity contribution is 7.98. The van der Waals surface area contributed by atoms with Crippen LogP contribution in [-0.4, -0.2) is 9.97 Å². The Bertz CT molecular complexity index is 902. The van der Waals surface area contributed by atoms with Gasteiger partial charge < -0.3 is 4.74 Å². The van der Waals surface area contributed by atoms with Crippen molar-refractivity contribution < 1.29 is 4.74 Å². The molecule has 0 fully saturated rings. The Labute approximate surface area is 167 Å². The molecule has 2 aromatic carbocycles. The summed E-state index contributed by atoms with van der Waals surface area (Å²) in [5.41, 5.74) is 1.97. The molecule has 3 aromatic rings. The molecule has 0 saturated heterocycles. The quantitative estimate of drug-likeness (QED) is 0.327. The smallest absolute Gasteiger partial charge is 0.223 e. The molecule has 0 bridgehead atoms. The van der Waals surface area contributed by atoms with Gasteiger partial charge in [-0.3, -0.25) is 0 Å². The minimum atomic E-state index is 0.256. The zero-order valence-electron chi connectivity index (χ0n) is 14.4. The van der Waals surface area contributed by atoms with E-state index in [1.54, 1.807) is 6.07 Å². The lowest BCUT2D eigenvalue weighted by molar-refractivity contribution is 0.453. The van der Waals surface area contributed by atoms with Crippen LogP contribution in [0.4, 0.5) is 0 Å². The van der Waals surface area contributed by atoms with Gasteiger partial charge in [0.15, 0.2) is 5.16 Å². The standard InChI is InChI=1S/C20H18Cl2N2OS/c1-13(2)17-11-19(25-18-10-6-5-9-16(18)22)24-20(23-17)26-12-14-7-3-4-8-15(14)21/h3-11,13H,12H2,1-2H3. The molecule has 6 heteroatoms. The van der Waals surface area contributed by atoms with Gasteiger partial charge in [-0.05, 0) is 29.7 Å². The van der Waals surface area contributed by atoms with Crippen LogP contribution in [0.25, 0.3) is 0 Å². The molecule has 134 valence electrons. The second kappa shape index (κ2) is 8.76. The Balaban J connectivity index is 1.84. The topological polar surface area (TPSA) is 35.0 Å². The zero-order valence-corrected chi connectivity index (χ0v) is 16.8. The third-order valence-electron chi connectivity index (χ3n) is 3.66. The van der Waals surface area contributed by atoms with Crippen molar-refractivity contribution in [2.45, 2.75) is 30.7 Å². The molecule has 0 atom stereocenters. The van der Waals surface area contributed by atoms with Crippen LogP contribution >= 0.6 is 35.0 Å². The maximum absolute atomic E-state index is 6.23. The Morgan fingerprint density at radius 2 is 1.65 bits per heavy atom. The molecule has 1 aromatic heterocycles. The molecule has 1 heterocycles. The number of hydrogen-bond donors (Lipinski definition) is 0. The molecule has 0 aliphatic carbocycles. The predicted octanol–water partition coefficient (Wildman–Crippen LogP) is 6.99. The van der Waals surface area contributed by atoms with Gasteiger partial charge >= 0.3 is 0 Å². The third kappa shape index (κ3) is 4.91. The lowest BCUT2D eigenvalue weighted by Gasteiger charge is -2.12. The maximum Gasteiger partial charge on any atom is 0.223 e. The normalized spacial score (nSPS) is 11.0. The number of ether oxygens (including phenoxy) is 1. The molecule has 0 N–H and O–H groups in total. The molecule has 0 spiro atoms. The molecule has 26 heavy (non-hydrogen) atoms. The predicted molar refractivity (Wildman–Crippen MR) is 109 cm³/mol. The van der Waals surface area contributed by atoms with Gasteiger partial charge in [0.05, 0.1) is 10.7 Å². The van der Waals surface area contributed by atoms with Gasteiger partial charge in [0.2, 0.25) is 5.88 Å². The summed E-state index contributed by atoms with van der Waals surface area (Å²) in [5.74, 6) is 2.00.